The molecule has 0 saturated carbocycles. The number of rotatable bonds is 6. The van der Waals surface area contributed by atoms with Crippen LogP contribution in [0, 0.1) is 0 Å². The molecule has 1 N–H and O–H groups in total. The molecule has 1 saturated heterocycles. The second-order valence-corrected chi connectivity index (χ2v) is 7.60. The van der Waals surface area contributed by atoms with Gasteiger partial charge in [-0.1, -0.05) is 66.7 Å². The van der Waals surface area contributed by atoms with Crippen molar-refractivity contribution in [2.24, 2.45) is 0 Å². The van der Waals surface area contributed by atoms with Gasteiger partial charge in [0.1, 0.15) is 6.10 Å². The van der Waals surface area contributed by atoms with Gasteiger partial charge >= 0.3 is 6.09 Å². The van der Waals surface area contributed by atoms with Crippen LogP contribution in [0.3, 0.4) is 0 Å². The van der Waals surface area contributed by atoms with Gasteiger partial charge in [0.15, 0.2) is 0 Å². The van der Waals surface area contributed by atoms with Gasteiger partial charge in [-0.05, 0) is 36.1 Å². The second kappa shape index (κ2) is 10.0. The Labute approximate surface area is 177 Å². The third-order valence-electron chi connectivity index (χ3n) is 5.45. The number of pyridine rings is 1. The molecule has 5 nitrogen and oxygen atoms in total. The van der Waals surface area contributed by atoms with E-state index in [-0.39, 0.29) is 18.2 Å². The van der Waals surface area contributed by atoms with Crippen molar-refractivity contribution in [1.82, 2.24) is 15.2 Å². The second-order valence-electron chi connectivity index (χ2n) is 7.60. The summed E-state index contributed by atoms with van der Waals surface area (Å²) in [5, 5.41) is 3.06. The summed E-state index contributed by atoms with van der Waals surface area (Å²) in [5.41, 5.74) is 3.14. The summed E-state index contributed by atoms with van der Waals surface area (Å²) in [6, 6.07) is 25.7. The minimum atomic E-state index is -0.365. The van der Waals surface area contributed by atoms with E-state index >= 15 is 0 Å². The number of hydrogen-bond donors (Lipinski definition) is 1. The standard InChI is InChI=1S/C25H27N3O2/c29-25(27-24(20-9-3-1-4-10-20)21-11-5-2-6-12-21)30-23-14-17-28(18-15-23)19-22-13-7-8-16-26-22/h1-13,16,23-24H,14-15,17-19H2,(H,27,29). The lowest BCUT2D eigenvalue weighted by molar-refractivity contribution is 0.0473. The molecule has 2 aromatic carbocycles. The number of ether oxygens (including phenoxy) is 1. The number of amides is 1. The predicted octanol–water partition coefficient (Wildman–Crippen LogP) is 4.56. The Morgan fingerprint density at radius 3 is 2.10 bits per heavy atom. The number of nitrogens with one attached hydrogen (secondary N) is 1. The van der Waals surface area contributed by atoms with Crippen LogP contribution in [0.25, 0.3) is 0 Å². The summed E-state index contributed by atoms with van der Waals surface area (Å²) < 4.78 is 5.77. The first-order valence-electron chi connectivity index (χ1n) is 10.5. The van der Waals surface area contributed by atoms with Crippen molar-refractivity contribution >= 4 is 6.09 Å². The Bertz CT molecular complexity index is 871. The van der Waals surface area contributed by atoms with Gasteiger partial charge in [0.05, 0.1) is 11.7 Å². The summed E-state index contributed by atoms with van der Waals surface area (Å²) in [7, 11) is 0. The Morgan fingerprint density at radius 1 is 0.933 bits per heavy atom. The fourth-order valence-corrected chi connectivity index (χ4v) is 3.86. The molecule has 1 aliphatic rings. The van der Waals surface area contributed by atoms with Gasteiger partial charge in [0.25, 0.3) is 0 Å². The third kappa shape index (κ3) is 5.45. The molecule has 1 fully saturated rings. The number of benzene rings is 2. The molecule has 30 heavy (non-hydrogen) atoms. The van der Waals surface area contributed by atoms with Gasteiger partial charge in [0.2, 0.25) is 0 Å². The number of hydrogen-bond acceptors (Lipinski definition) is 4. The van der Waals surface area contributed by atoms with Crippen LogP contribution < -0.4 is 5.32 Å². The molecule has 2 heterocycles. The van der Waals surface area contributed by atoms with Gasteiger partial charge in [0, 0.05) is 25.8 Å². The lowest BCUT2D eigenvalue weighted by atomic mass is 9.99. The first-order valence-corrected chi connectivity index (χ1v) is 10.5. The molecule has 0 bridgehead atoms. The molecular weight excluding hydrogens is 374 g/mol. The van der Waals surface area contributed by atoms with Crippen molar-refractivity contribution in [2.75, 3.05) is 13.1 Å². The molecular formula is C25H27N3O2. The van der Waals surface area contributed by atoms with E-state index in [1.54, 1.807) is 0 Å². The molecule has 3 aromatic rings. The third-order valence-corrected chi connectivity index (χ3v) is 5.45. The quantitative estimate of drug-likeness (QED) is 0.658. The molecule has 0 spiro atoms. The summed E-state index contributed by atoms with van der Waals surface area (Å²) in [4.78, 5) is 19.4. The van der Waals surface area contributed by atoms with Gasteiger partial charge in [-0.3, -0.25) is 9.88 Å². The highest BCUT2D eigenvalue weighted by atomic mass is 16.6. The van der Waals surface area contributed by atoms with Crippen LogP contribution >= 0.6 is 0 Å². The monoisotopic (exact) mass is 401 g/mol. The normalized spacial score (nSPS) is 15.1. The number of carbonyl (C=O) groups excluding carboxylic acids is 1. The van der Waals surface area contributed by atoms with Crippen LogP contribution in [0.15, 0.2) is 85.1 Å². The Morgan fingerprint density at radius 2 is 1.53 bits per heavy atom. The molecule has 0 aliphatic carbocycles. The maximum Gasteiger partial charge on any atom is 0.408 e. The van der Waals surface area contributed by atoms with Crippen molar-refractivity contribution in [1.29, 1.82) is 0 Å². The van der Waals surface area contributed by atoms with Crippen molar-refractivity contribution < 1.29 is 9.53 Å². The molecule has 0 radical (unpaired) electrons. The van der Waals surface area contributed by atoms with Gasteiger partial charge in [-0.2, -0.15) is 0 Å². The average molecular weight is 402 g/mol. The van der Waals surface area contributed by atoms with Gasteiger partial charge < -0.3 is 10.1 Å². The van der Waals surface area contributed by atoms with E-state index in [9.17, 15) is 4.79 Å². The zero-order chi connectivity index (χ0) is 20.6. The first kappa shape index (κ1) is 20.1. The number of carbonyl (C=O) groups is 1. The summed E-state index contributed by atoms with van der Waals surface area (Å²) in [6.45, 7) is 2.63. The minimum Gasteiger partial charge on any atom is -0.446 e. The maximum atomic E-state index is 12.7. The number of aromatic nitrogens is 1. The predicted molar refractivity (Wildman–Crippen MR) is 117 cm³/mol. The smallest absolute Gasteiger partial charge is 0.408 e. The van der Waals surface area contributed by atoms with E-state index in [0.717, 1.165) is 49.3 Å². The van der Waals surface area contributed by atoms with Crippen molar-refractivity contribution in [2.45, 2.75) is 31.5 Å². The van der Waals surface area contributed by atoms with Crippen LogP contribution in [0.4, 0.5) is 4.79 Å². The molecule has 1 aliphatic heterocycles. The Balaban J connectivity index is 1.32. The largest absolute Gasteiger partial charge is 0.446 e. The van der Waals surface area contributed by atoms with Gasteiger partial charge in [-0.15, -0.1) is 0 Å². The van der Waals surface area contributed by atoms with Crippen LogP contribution in [0.1, 0.15) is 35.7 Å². The highest BCUT2D eigenvalue weighted by Crippen LogP contribution is 2.23. The van der Waals surface area contributed by atoms with Crippen LogP contribution in [0.2, 0.25) is 0 Å². The van der Waals surface area contributed by atoms with Crippen molar-refractivity contribution in [3.63, 3.8) is 0 Å². The molecule has 4 rings (SSSR count). The fourth-order valence-electron chi connectivity index (χ4n) is 3.86. The summed E-state index contributed by atoms with van der Waals surface area (Å²) >= 11 is 0. The fraction of sp³-hybridized carbons (Fsp3) is 0.280. The molecule has 0 unspecified atom stereocenters. The number of nitrogens with zero attached hydrogens (tertiary/aromatic N) is 2. The van der Waals surface area contributed by atoms with Crippen molar-refractivity contribution in [3.05, 3.63) is 102 Å². The van der Waals surface area contributed by atoms with E-state index < -0.39 is 0 Å². The topological polar surface area (TPSA) is 54.5 Å². The van der Waals surface area contributed by atoms with E-state index in [0.29, 0.717) is 0 Å². The highest BCUT2D eigenvalue weighted by Gasteiger charge is 2.24. The molecule has 5 heteroatoms. The lowest BCUT2D eigenvalue weighted by Crippen LogP contribution is -2.40. The summed E-state index contributed by atoms with van der Waals surface area (Å²) in [6.07, 6.45) is 3.07. The first-order chi connectivity index (χ1) is 14.8. The zero-order valence-corrected chi connectivity index (χ0v) is 17.0. The Hall–Kier alpha value is -3.18. The van der Waals surface area contributed by atoms with Crippen LogP contribution in [-0.4, -0.2) is 35.2 Å². The number of likely N-dealkylation sites (tertiary alicyclic amines) is 1. The van der Waals surface area contributed by atoms with Gasteiger partial charge in [-0.25, -0.2) is 4.79 Å². The SMILES string of the molecule is O=C(NC(c1ccccc1)c1ccccc1)OC1CCN(Cc2ccccn2)CC1. The molecule has 0 atom stereocenters. The highest BCUT2D eigenvalue weighted by molar-refractivity contribution is 5.69. The van der Waals surface area contributed by atoms with Crippen LogP contribution in [-0.2, 0) is 11.3 Å². The molecule has 1 amide bonds. The van der Waals surface area contributed by atoms with Crippen LogP contribution in [0.5, 0.6) is 0 Å². The maximum absolute atomic E-state index is 12.7. The Kier molecular flexibility index (Phi) is 6.72. The van der Waals surface area contributed by atoms with Crippen molar-refractivity contribution in [3.8, 4) is 0 Å². The number of piperidine rings is 1. The number of alkyl carbamates (subject to hydrolysis) is 1. The minimum absolute atomic E-state index is 0.0582. The lowest BCUT2D eigenvalue weighted by Gasteiger charge is -2.31. The molecule has 1 aromatic heterocycles. The summed E-state index contributed by atoms with van der Waals surface area (Å²) in [5.74, 6) is 0. The van der Waals surface area contributed by atoms with E-state index in [1.165, 1.54) is 0 Å². The van der Waals surface area contributed by atoms with E-state index in [4.69, 9.17) is 4.74 Å². The zero-order valence-electron chi connectivity index (χ0n) is 17.0. The molecule has 154 valence electrons. The average Bonchev–Trinajstić information content (AvgIpc) is 2.81. The van der Waals surface area contributed by atoms with E-state index in [1.807, 2.05) is 85.1 Å². The van der Waals surface area contributed by atoms with E-state index in [2.05, 4.69) is 15.2 Å².